The average Bonchev–Trinajstić information content (AvgIpc) is 3.12. The van der Waals surface area contributed by atoms with Crippen LogP contribution in [0.5, 0.6) is 5.75 Å². The van der Waals surface area contributed by atoms with Gasteiger partial charge in [0.25, 0.3) is 0 Å². The minimum Gasteiger partial charge on any atom is -0.491 e. The molecule has 0 saturated heterocycles. The Kier molecular flexibility index (Phi) is 6.45. The number of carbonyl (C=O) groups is 1. The molecule has 1 aliphatic heterocycles. The number of hydrogen-bond acceptors (Lipinski definition) is 3. The Labute approximate surface area is 171 Å². The summed E-state index contributed by atoms with van der Waals surface area (Å²) >= 11 is 0. The Bertz CT molecular complexity index is 848. The Morgan fingerprint density at radius 2 is 1.90 bits per heavy atom. The van der Waals surface area contributed by atoms with Gasteiger partial charge in [-0.1, -0.05) is 31.0 Å². The van der Waals surface area contributed by atoms with Crippen LogP contribution in [0.3, 0.4) is 0 Å². The number of ether oxygens (including phenoxy) is 2. The molecule has 0 atom stereocenters. The summed E-state index contributed by atoms with van der Waals surface area (Å²) < 4.78 is 24.9. The van der Waals surface area contributed by atoms with Crippen LogP contribution in [0.1, 0.15) is 48.8 Å². The summed E-state index contributed by atoms with van der Waals surface area (Å²) in [5.74, 6) is 1.38. The van der Waals surface area contributed by atoms with E-state index in [1.165, 1.54) is 37.8 Å². The van der Waals surface area contributed by atoms with E-state index in [-0.39, 0.29) is 11.7 Å². The van der Waals surface area contributed by atoms with Crippen molar-refractivity contribution in [1.29, 1.82) is 0 Å². The first kappa shape index (κ1) is 19.9. The first-order chi connectivity index (χ1) is 14.2. The molecule has 0 spiro atoms. The molecule has 2 aromatic rings. The summed E-state index contributed by atoms with van der Waals surface area (Å²) in [5, 5.41) is 0. The lowest BCUT2D eigenvalue weighted by Crippen LogP contribution is -2.33. The van der Waals surface area contributed by atoms with Crippen LogP contribution >= 0.6 is 0 Å². The highest BCUT2D eigenvalue weighted by Gasteiger charge is 2.24. The maximum atomic E-state index is 13.3. The summed E-state index contributed by atoms with van der Waals surface area (Å²) in [4.78, 5) is 14.7. The second-order valence-electron chi connectivity index (χ2n) is 8.08. The van der Waals surface area contributed by atoms with Crippen LogP contribution in [0.25, 0.3) is 0 Å². The van der Waals surface area contributed by atoms with Crippen LogP contribution in [0, 0.1) is 11.7 Å². The van der Waals surface area contributed by atoms with Crippen molar-refractivity contribution in [2.45, 2.75) is 51.9 Å². The van der Waals surface area contributed by atoms with Crippen LogP contribution in [-0.2, 0) is 29.3 Å². The van der Waals surface area contributed by atoms with Gasteiger partial charge in [0.2, 0.25) is 5.91 Å². The van der Waals surface area contributed by atoms with E-state index in [1.54, 1.807) is 6.07 Å². The van der Waals surface area contributed by atoms with Crippen molar-refractivity contribution in [2.75, 3.05) is 13.2 Å². The van der Waals surface area contributed by atoms with Crippen LogP contribution in [0.15, 0.2) is 42.5 Å². The number of rotatable bonds is 6. The molecule has 5 heteroatoms. The van der Waals surface area contributed by atoms with Gasteiger partial charge in [0, 0.05) is 18.5 Å². The zero-order valence-electron chi connectivity index (χ0n) is 16.7. The van der Waals surface area contributed by atoms with Crippen LogP contribution in [-0.4, -0.2) is 24.0 Å². The SMILES string of the molecule is O=C(CC1CCCC1)N1CCOc2ccc(COCc3cccc(F)c3)cc2C1. The molecule has 0 N–H and O–H groups in total. The standard InChI is InChI=1S/C24H28FNO3/c25-22-7-3-6-19(13-22)16-28-17-20-8-9-23-21(12-20)15-26(10-11-29-23)24(27)14-18-4-1-2-5-18/h3,6-9,12-13,18H,1-2,4-5,10-11,14-17H2. The molecule has 1 saturated carbocycles. The molecule has 2 aromatic carbocycles. The minimum absolute atomic E-state index is 0.237. The van der Waals surface area contributed by atoms with Crippen molar-refractivity contribution in [1.82, 2.24) is 4.90 Å². The van der Waals surface area contributed by atoms with E-state index in [1.807, 2.05) is 23.1 Å². The highest BCUT2D eigenvalue weighted by molar-refractivity contribution is 5.76. The number of hydrogen-bond donors (Lipinski definition) is 0. The van der Waals surface area contributed by atoms with Crippen molar-refractivity contribution in [3.8, 4) is 5.75 Å². The molecule has 4 rings (SSSR count). The predicted molar refractivity (Wildman–Crippen MR) is 109 cm³/mol. The van der Waals surface area contributed by atoms with Crippen molar-refractivity contribution >= 4 is 5.91 Å². The fourth-order valence-electron chi connectivity index (χ4n) is 4.25. The quantitative estimate of drug-likeness (QED) is 0.700. The minimum atomic E-state index is -0.254. The first-order valence-electron chi connectivity index (χ1n) is 10.5. The lowest BCUT2D eigenvalue weighted by molar-refractivity contribution is -0.132. The largest absolute Gasteiger partial charge is 0.491 e. The predicted octanol–water partition coefficient (Wildman–Crippen LogP) is 4.84. The van der Waals surface area contributed by atoms with Gasteiger partial charge in [0.15, 0.2) is 0 Å². The molecule has 1 aliphatic carbocycles. The zero-order chi connectivity index (χ0) is 20.1. The van der Waals surface area contributed by atoms with Crippen molar-refractivity contribution in [3.63, 3.8) is 0 Å². The monoisotopic (exact) mass is 397 g/mol. The van der Waals surface area contributed by atoms with E-state index < -0.39 is 0 Å². The summed E-state index contributed by atoms with van der Waals surface area (Å²) in [6, 6.07) is 12.4. The van der Waals surface area contributed by atoms with Gasteiger partial charge in [-0.3, -0.25) is 4.79 Å². The van der Waals surface area contributed by atoms with E-state index in [2.05, 4.69) is 6.07 Å². The fourth-order valence-corrected chi connectivity index (χ4v) is 4.25. The Morgan fingerprint density at radius 1 is 1.10 bits per heavy atom. The molecule has 2 aliphatic rings. The fraction of sp³-hybridized carbons (Fsp3) is 0.458. The third-order valence-corrected chi connectivity index (χ3v) is 5.82. The summed E-state index contributed by atoms with van der Waals surface area (Å²) in [7, 11) is 0. The van der Waals surface area contributed by atoms with Gasteiger partial charge < -0.3 is 14.4 Å². The van der Waals surface area contributed by atoms with Gasteiger partial charge >= 0.3 is 0 Å². The molecule has 0 radical (unpaired) electrons. The maximum Gasteiger partial charge on any atom is 0.223 e. The van der Waals surface area contributed by atoms with Crippen LogP contribution in [0.4, 0.5) is 4.39 Å². The zero-order valence-corrected chi connectivity index (χ0v) is 16.7. The van der Waals surface area contributed by atoms with E-state index >= 15 is 0 Å². The van der Waals surface area contributed by atoms with Crippen LogP contribution in [0.2, 0.25) is 0 Å². The number of amides is 1. The molecule has 0 bridgehead atoms. The van der Waals surface area contributed by atoms with Crippen molar-refractivity contribution in [3.05, 3.63) is 65.0 Å². The number of benzene rings is 2. The van der Waals surface area contributed by atoms with E-state index in [0.717, 1.165) is 22.4 Å². The van der Waals surface area contributed by atoms with Gasteiger partial charge in [-0.2, -0.15) is 0 Å². The molecule has 1 heterocycles. The van der Waals surface area contributed by atoms with Crippen molar-refractivity contribution in [2.24, 2.45) is 5.92 Å². The lowest BCUT2D eigenvalue weighted by atomic mass is 10.0. The third kappa shape index (κ3) is 5.36. The van der Waals surface area contributed by atoms with E-state index in [0.29, 0.717) is 45.2 Å². The van der Waals surface area contributed by atoms with Crippen molar-refractivity contribution < 1.29 is 18.7 Å². The third-order valence-electron chi connectivity index (χ3n) is 5.82. The number of halogens is 1. The number of carbonyl (C=O) groups excluding carboxylic acids is 1. The molecule has 0 unspecified atom stereocenters. The van der Waals surface area contributed by atoms with Gasteiger partial charge in [-0.15, -0.1) is 0 Å². The second-order valence-corrected chi connectivity index (χ2v) is 8.08. The van der Waals surface area contributed by atoms with Gasteiger partial charge in [-0.05, 0) is 54.2 Å². The Hall–Kier alpha value is -2.40. The number of fused-ring (bicyclic) bond motifs is 1. The van der Waals surface area contributed by atoms with E-state index in [4.69, 9.17) is 9.47 Å². The smallest absolute Gasteiger partial charge is 0.223 e. The topological polar surface area (TPSA) is 38.8 Å². The molecule has 0 aromatic heterocycles. The lowest BCUT2D eigenvalue weighted by Gasteiger charge is -2.22. The maximum absolute atomic E-state index is 13.3. The summed E-state index contributed by atoms with van der Waals surface area (Å²) in [5.41, 5.74) is 2.86. The summed E-state index contributed by atoms with van der Waals surface area (Å²) in [6.07, 6.45) is 5.52. The Morgan fingerprint density at radius 3 is 2.69 bits per heavy atom. The molecule has 29 heavy (non-hydrogen) atoms. The normalized spacial score (nSPS) is 16.9. The van der Waals surface area contributed by atoms with Gasteiger partial charge in [-0.25, -0.2) is 4.39 Å². The molecule has 1 fully saturated rings. The Balaban J connectivity index is 1.36. The van der Waals surface area contributed by atoms with Crippen LogP contribution < -0.4 is 4.74 Å². The molecular weight excluding hydrogens is 369 g/mol. The first-order valence-corrected chi connectivity index (χ1v) is 10.5. The molecule has 1 amide bonds. The molecule has 4 nitrogen and oxygen atoms in total. The average molecular weight is 397 g/mol. The highest BCUT2D eigenvalue weighted by atomic mass is 19.1. The van der Waals surface area contributed by atoms with E-state index in [9.17, 15) is 9.18 Å². The molecular formula is C24H28FNO3. The summed E-state index contributed by atoms with van der Waals surface area (Å²) in [6.45, 7) is 2.53. The highest BCUT2D eigenvalue weighted by Crippen LogP contribution is 2.30. The van der Waals surface area contributed by atoms with Gasteiger partial charge in [0.05, 0.1) is 19.8 Å². The molecule has 154 valence electrons. The van der Waals surface area contributed by atoms with Gasteiger partial charge in [0.1, 0.15) is 18.2 Å². The second kappa shape index (κ2) is 9.40. The number of nitrogens with zero attached hydrogens (tertiary/aromatic N) is 1.